The average Bonchev–Trinajstić information content (AvgIpc) is 2.94. The summed E-state index contributed by atoms with van der Waals surface area (Å²) in [4.78, 5) is 26.9. The van der Waals surface area contributed by atoms with Crippen LogP contribution in [0.25, 0.3) is 0 Å². The third kappa shape index (κ3) is 6.25. The Balaban J connectivity index is 1.23. The van der Waals surface area contributed by atoms with Gasteiger partial charge in [-0.05, 0) is 91.7 Å². The van der Waals surface area contributed by atoms with E-state index in [-0.39, 0.29) is 17.3 Å². The number of rotatable bonds is 7. The molecule has 4 aliphatic carbocycles. The van der Waals surface area contributed by atoms with Crippen molar-refractivity contribution in [2.24, 2.45) is 17.8 Å². The predicted octanol–water partition coefficient (Wildman–Crippen LogP) is 7.58. The molecule has 2 atom stereocenters. The first kappa shape index (κ1) is 28.1. The molecule has 42 heavy (non-hydrogen) atoms. The highest BCUT2D eigenvalue weighted by Gasteiger charge is 2.51. The molecule has 4 amide bonds. The van der Waals surface area contributed by atoms with Crippen LogP contribution in [0.2, 0.25) is 0 Å². The summed E-state index contributed by atoms with van der Waals surface area (Å²) in [5, 5.41) is 12.2. The highest BCUT2D eigenvalue weighted by molar-refractivity contribution is 5.89. The molecule has 0 heterocycles. The minimum atomic E-state index is -4.47. The van der Waals surface area contributed by atoms with Gasteiger partial charge in [0.25, 0.3) is 0 Å². The largest absolute Gasteiger partial charge is 0.416 e. The van der Waals surface area contributed by atoms with Crippen molar-refractivity contribution in [2.45, 2.75) is 62.3 Å². The van der Waals surface area contributed by atoms with Crippen molar-refractivity contribution in [3.05, 3.63) is 102 Å². The second kappa shape index (κ2) is 11.3. The Morgan fingerprint density at radius 3 is 1.57 bits per heavy atom. The SMILES string of the molecule is O=C(Nc1ccc(C(F)(F)F)cc1)N[C@@H](c1ccccc1)[C@@H](NC(=O)NC12CC3CC(CC(C3)C1)C2)c1ccccc1. The number of carbonyl (C=O) groups excluding carboxylic acids is 2. The van der Waals surface area contributed by atoms with Gasteiger partial charge in [0.2, 0.25) is 0 Å². The van der Waals surface area contributed by atoms with E-state index < -0.39 is 29.9 Å². The number of hydrogen-bond donors (Lipinski definition) is 4. The zero-order valence-electron chi connectivity index (χ0n) is 23.2. The Bertz CT molecular complexity index is 1360. The van der Waals surface area contributed by atoms with Gasteiger partial charge >= 0.3 is 18.2 Å². The number of alkyl halides is 3. The highest BCUT2D eigenvalue weighted by Crippen LogP contribution is 2.55. The van der Waals surface area contributed by atoms with Gasteiger partial charge in [-0.3, -0.25) is 0 Å². The Kier molecular flexibility index (Phi) is 7.60. The number of hydrogen-bond acceptors (Lipinski definition) is 2. The molecule has 3 aromatic carbocycles. The van der Waals surface area contributed by atoms with Gasteiger partial charge in [0, 0.05) is 11.2 Å². The summed E-state index contributed by atoms with van der Waals surface area (Å²) in [6, 6.07) is 20.9. The van der Waals surface area contributed by atoms with Gasteiger partial charge in [0.1, 0.15) is 0 Å². The maximum absolute atomic E-state index is 13.7. The molecule has 0 radical (unpaired) electrons. The minimum Gasteiger partial charge on any atom is -0.333 e. The molecule has 4 aliphatic rings. The number of amides is 4. The van der Waals surface area contributed by atoms with Crippen LogP contribution in [0, 0.1) is 17.8 Å². The molecule has 9 heteroatoms. The normalized spacial score (nSPS) is 25.7. The Morgan fingerprint density at radius 1 is 0.667 bits per heavy atom. The molecule has 0 aromatic heterocycles. The van der Waals surface area contributed by atoms with Gasteiger partial charge in [-0.25, -0.2) is 9.59 Å². The van der Waals surface area contributed by atoms with Gasteiger partial charge in [-0.2, -0.15) is 13.2 Å². The molecule has 220 valence electrons. The summed E-state index contributed by atoms with van der Waals surface area (Å²) in [5.41, 5.74) is 0.811. The lowest BCUT2D eigenvalue weighted by molar-refractivity contribution is -0.137. The molecule has 4 saturated carbocycles. The van der Waals surface area contributed by atoms with Crippen LogP contribution in [-0.2, 0) is 6.18 Å². The van der Waals surface area contributed by atoms with E-state index in [4.69, 9.17) is 0 Å². The predicted molar refractivity (Wildman–Crippen MR) is 155 cm³/mol. The van der Waals surface area contributed by atoms with E-state index in [1.54, 1.807) is 0 Å². The summed E-state index contributed by atoms with van der Waals surface area (Å²) in [5.74, 6) is 2.03. The topological polar surface area (TPSA) is 82.3 Å². The zero-order valence-corrected chi connectivity index (χ0v) is 23.2. The lowest BCUT2D eigenvalue weighted by atomic mass is 9.53. The van der Waals surface area contributed by atoms with Gasteiger partial charge in [-0.1, -0.05) is 60.7 Å². The zero-order chi connectivity index (χ0) is 29.3. The minimum absolute atomic E-state index is 0.185. The van der Waals surface area contributed by atoms with Crippen molar-refractivity contribution in [1.82, 2.24) is 16.0 Å². The van der Waals surface area contributed by atoms with Crippen molar-refractivity contribution in [1.29, 1.82) is 0 Å². The van der Waals surface area contributed by atoms with E-state index in [0.29, 0.717) is 17.8 Å². The third-order valence-electron chi connectivity index (χ3n) is 9.11. The molecule has 4 bridgehead atoms. The van der Waals surface area contributed by atoms with Crippen LogP contribution in [0.1, 0.15) is 67.3 Å². The lowest BCUT2D eigenvalue weighted by Crippen LogP contribution is -2.62. The van der Waals surface area contributed by atoms with E-state index in [9.17, 15) is 22.8 Å². The Hall–Kier alpha value is -4.01. The molecular formula is C33H35F3N4O2. The second-order valence-electron chi connectivity index (χ2n) is 12.2. The van der Waals surface area contributed by atoms with Crippen LogP contribution in [-0.4, -0.2) is 17.6 Å². The second-order valence-corrected chi connectivity index (χ2v) is 12.2. The number of urea groups is 2. The summed E-state index contributed by atoms with van der Waals surface area (Å²) in [6.45, 7) is 0. The maximum Gasteiger partial charge on any atom is 0.416 e. The summed E-state index contributed by atoms with van der Waals surface area (Å²) in [7, 11) is 0. The van der Waals surface area contributed by atoms with E-state index >= 15 is 0 Å². The van der Waals surface area contributed by atoms with Crippen LogP contribution in [0.3, 0.4) is 0 Å². The van der Waals surface area contributed by atoms with E-state index in [0.717, 1.165) is 42.5 Å². The Labute approximate surface area is 243 Å². The van der Waals surface area contributed by atoms with E-state index in [2.05, 4.69) is 21.3 Å². The number of anilines is 1. The molecule has 0 saturated heterocycles. The number of halogens is 3. The van der Waals surface area contributed by atoms with Gasteiger partial charge in [0.15, 0.2) is 0 Å². The molecule has 0 aliphatic heterocycles. The van der Waals surface area contributed by atoms with Crippen LogP contribution < -0.4 is 21.3 Å². The smallest absolute Gasteiger partial charge is 0.333 e. The third-order valence-corrected chi connectivity index (χ3v) is 9.11. The molecule has 3 aromatic rings. The summed E-state index contributed by atoms with van der Waals surface area (Å²) in [6.07, 6.45) is 2.37. The van der Waals surface area contributed by atoms with Crippen molar-refractivity contribution in [3.63, 3.8) is 0 Å². The fourth-order valence-corrected chi connectivity index (χ4v) is 7.77. The fraction of sp³-hybridized carbons (Fsp3) is 0.394. The molecule has 0 spiro atoms. The number of benzene rings is 3. The number of nitrogens with one attached hydrogen (secondary N) is 4. The van der Waals surface area contributed by atoms with Gasteiger partial charge in [0.05, 0.1) is 17.6 Å². The standard InChI is InChI=1S/C33H35F3N4O2/c34-33(35,36)26-11-13-27(14-12-26)37-30(41)38-28(24-7-3-1-4-8-24)29(25-9-5-2-6-10-25)39-31(42)40-32-18-21-15-22(19-32)17-23(16-21)20-32/h1-14,21-23,28-29H,15-20H2,(H2,37,38,41)(H2,39,40,42)/t21?,22?,23?,28-,29-,32?/m0/s1. The first-order chi connectivity index (χ1) is 20.2. The van der Waals surface area contributed by atoms with Crippen molar-refractivity contribution in [2.75, 3.05) is 5.32 Å². The average molecular weight is 577 g/mol. The Morgan fingerprint density at radius 2 is 1.12 bits per heavy atom. The van der Waals surface area contributed by atoms with E-state index in [1.165, 1.54) is 31.4 Å². The van der Waals surface area contributed by atoms with Crippen LogP contribution in [0.15, 0.2) is 84.9 Å². The summed E-state index contributed by atoms with van der Waals surface area (Å²) >= 11 is 0. The fourth-order valence-electron chi connectivity index (χ4n) is 7.77. The first-order valence-corrected chi connectivity index (χ1v) is 14.6. The molecular weight excluding hydrogens is 541 g/mol. The molecule has 6 nitrogen and oxygen atoms in total. The lowest BCUT2D eigenvalue weighted by Gasteiger charge is -2.56. The van der Waals surface area contributed by atoms with Crippen LogP contribution >= 0.6 is 0 Å². The van der Waals surface area contributed by atoms with Crippen molar-refractivity contribution >= 4 is 17.7 Å². The van der Waals surface area contributed by atoms with Gasteiger partial charge < -0.3 is 21.3 Å². The van der Waals surface area contributed by atoms with Crippen molar-refractivity contribution < 1.29 is 22.8 Å². The monoisotopic (exact) mass is 576 g/mol. The number of carbonyl (C=O) groups is 2. The van der Waals surface area contributed by atoms with Crippen LogP contribution in [0.5, 0.6) is 0 Å². The molecule has 4 N–H and O–H groups in total. The van der Waals surface area contributed by atoms with Crippen LogP contribution in [0.4, 0.5) is 28.4 Å². The molecule has 4 fully saturated rings. The summed E-state index contributed by atoms with van der Waals surface area (Å²) < 4.78 is 39.0. The van der Waals surface area contributed by atoms with Gasteiger partial charge in [-0.15, -0.1) is 0 Å². The van der Waals surface area contributed by atoms with E-state index in [1.807, 2.05) is 60.7 Å². The highest BCUT2D eigenvalue weighted by atomic mass is 19.4. The first-order valence-electron chi connectivity index (χ1n) is 14.6. The molecule has 7 rings (SSSR count). The quantitative estimate of drug-likeness (QED) is 0.234. The van der Waals surface area contributed by atoms with Crippen molar-refractivity contribution in [3.8, 4) is 0 Å². The molecule has 0 unspecified atom stereocenters. The maximum atomic E-state index is 13.7.